The largest absolute Gasteiger partial charge is 0.462 e. The van der Waals surface area contributed by atoms with E-state index in [1.54, 1.807) is 0 Å². The Hall–Kier alpha value is -1.64. The Labute approximate surface area is 187 Å². The molecule has 5 fully saturated rings. The molecule has 0 aliphatic heterocycles. The van der Waals surface area contributed by atoms with Gasteiger partial charge in [0.15, 0.2) is 5.78 Å². The lowest BCUT2D eigenvalue weighted by Gasteiger charge is -2.56. The molecule has 0 saturated heterocycles. The molecule has 0 unspecified atom stereocenters. The Morgan fingerprint density at radius 1 is 0.839 bits per heavy atom. The fraction of sp³-hybridized carbons (Fsp3) is 0.714. The number of benzene rings is 1. The van der Waals surface area contributed by atoms with Gasteiger partial charge < -0.3 is 4.74 Å². The molecule has 0 amide bonds. The Bertz CT molecular complexity index is 783. The zero-order chi connectivity index (χ0) is 21.7. The average Bonchev–Trinajstić information content (AvgIpc) is 2.73. The van der Waals surface area contributed by atoms with Crippen LogP contribution in [0.3, 0.4) is 0 Å². The Kier molecular flexibility index (Phi) is 5.73. The lowest BCUT2D eigenvalue weighted by atomic mass is 9.47. The third kappa shape index (κ3) is 3.87. The van der Waals surface area contributed by atoms with Gasteiger partial charge >= 0.3 is 5.97 Å². The van der Waals surface area contributed by atoms with E-state index in [0.717, 1.165) is 37.7 Å². The fourth-order valence-electron chi connectivity index (χ4n) is 7.97. The van der Waals surface area contributed by atoms with Crippen LogP contribution >= 0.6 is 0 Å². The minimum absolute atomic E-state index is 0.0744. The van der Waals surface area contributed by atoms with Crippen molar-refractivity contribution in [3.63, 3.8) is 0 Å². The maximum absolute atomic E-state index is 13.4. The summed E-state index contributed by atoms with van der Waals surface area (Å²) in [7, 11) is 0. The number of carbonyl (C=O) groups is 2. The molecule has 0 radical (unpaired) electrons. The van der Waals surface area contributed by atoms with Crippen molar-refractivity contribution in [2.45, 2.75) is 71.8 Å². The lowest BCUT2D eigenvalue weighted by Crippen LogP contribution is -2.54. The number of ether oxygens (including phenoxy) is 1. The Balaban J connectivity index is 1.27. The van der Waals surface area contributed by atoms with Crippen LogP contribution in [-0.4, -0.2) is 17.9 Å². The van der Waals surface area contributed by atoms with Crippen molar-refractivity contribution in [1.82, 2.24) is 0 Å². The molecule has 3 heteroatoms. The summed E-state index contributed by atoms with van der Waals surface area (Å²) in [5, 5.41) is 0. The van der Waals surface area contributed by atoms with Gasteiger partial charge in [-0.25, -0.2) is 0 Å². The van der Waals surface area contributed by atoms with Gasteiger partial charge in [-0.15, -0.1) is 0 Å². The van der Waals surface area contributed by atoms with Gasteiger partial charge in [0.2, 0.25) is 0 Å². The maximum atomic E-state index is 13.4. The molecular formula is C28H38O3. The van der Waals surface area contributed by atoms with Crippen LogP contribution < -0.4 is 0 Å². The molecule has 3 atom stereocenters. The quantitative estimate of drug-likeness (QED) is 0.421. The van der Waals surface area contributed by atoms with E-state index in [1.807, 2.05) is 30.3 Å². The van der Waals surface area contributed by atoms with Crippen molar-refractivity contribution in [3.05, 3.63) is 35.9 Å². The molecule has 1 aromatic carbocycles. The van der Waals surface area contributed by atoms with E-state index >= 15 is 0 Å². The smallest absolute Gasteiger partial charge is 0.309 e. The second kappa shape index (κ2) is 8.37. The van der Waals surface area contributed by atoms with E-state index in [9.17, 15) is 9.59 Å². The van der Waals surface area contributed by atoms with Gasteiger partial charge in [-0.3, -0.25) is 9.59 Å². The van der Waals surface area contributed by atoms with Gasteiger partial charge in [0, 0.05) is 11.5 Å². The van der Waals surface area contributed by atoms with Gasteiger partial charge in [0.1, 0.15) is 6.10 Å². The summed E-state index contributed by atoms with van der Waals surface area (Å²) in [4.78, 5) is 26.7. The highest BCUT2D eigenvalue weighted by molar-refractivity contribution is 5.98. The first-order chi connectivity index (χ1) is 14.9. The van der Waals surface area contributed by atoms with Crippen molar-refractivity contribution < 1.29 is 14.3 Å². The van der Waals surface area contributed by atoms with Crippen LogP contribution in [0.2, 0.25) is 0 Å². The summed E-state index contributed by atoms with van der Waals surface area (Å²) in [6, 6.07) is 9.83. The van der Waals surface area contributed by atoms with Crippen molar-refractivity contribution in [2.24, 2.45) is 53.3 Å². The van der Waals surface area contributed by atoms with Gasteiger partial charge in [-0.2, -0.15) is 0 Å². The van der Waals surface area contributed by atoms with E-state index in [4.69, 9.17) is 4.74 Å². The van der Waals surface area contributed by atoms with Crippen molar-refractivity contribution in [1.29, 1.82) is 0 Å². The highest BCUT2D eigenvalue weighted by atomic mass is 16.5. The maximum Gasteiger partial charge on any atom is 0.309 e. The van der Waals surface area contributed by atoms with Crippen LogP contribution in [-0.2, 0) is 9.53 Å². The molecular weight excluding hydrogens is 384 g/mol. The van der Waals surface area contributed by atoms with Crippen LogP contribution in [0.1, 0.15) is 76.1 Å². The van der Waals surface area contributed by atoms with Gasteiger partial charge in [-0.05, 0) is 80.0 Å². The number of hydrogen-bond acceptors (Lipinski definition) is 3. The molecule has 3 nitrogen and oxygen atoms in total. The number of carbonyl (C=O) groups excluding carboxylic acids is 2. The third-order valence-corrected chi connectivity index (χ3v) is 9.32. The normalized spacial score (nSPS) is 41.4. The molecule has 5 aliphatic rings. The Morgan fingerprint density at radius 2 is 1.42 bits per heavy atom. The standard InChI is InChI=1S/C28H38O3/c1-16(2)23-10-9-17(3)11-24(23)31-28(30)26-21-12-19-13-22(26)15-20(14-21)25(19)27(29)18-7-5-4-6-8-18/h4-8,16-17,19-26H,9-15H2,1-3H3/t17-,19?,20?,21?,22?,23+,24-,25?,26?/m1/s1. The Morgan fingerprint density at radius 3 is 2.00 bits per heavy atom. The lowest BCUT2D eigenvalue weighted by molar-refractivity contribution is -0.176. The predicted molar refractivity (Wildman–Crippen MR) is 121 cm³/mol. The molecule has 0 aromatic heterocycles. The molecule has 5 aliphatic carbocycles. The topological polar surface area (TPSA) is 43.4 Å². The highest BCUT2D eigenvalue weighted by Gasteiger charge is 2.57. The molecule has 5 saturated carbocycles. The summed E-state index contributed by atoms with van der Waals surface area (Å²) in [5.41, 5.74) is 0.863. The molecule has 0 N–H and O–H groups in total. The molecule has 6 rings (SSSR count). The summed E-state index contributed by atoms with van der Waals surface area (Å²) in [6.45, 7) is 6.84. The summed E-state index contributed by atoms with van der Waals surface area (Å²) >= 11 is 0. The first-order valence-electron chi connectivity index (χ1n) is 12.7. The minimum atomic E-state index is 0.0744. The van der Waals surface area contributed by atoms with Crippen LogP contribution in [0.15, 0.2) is 30.3 Å². The van der Waals surface area contributed by atoms with Gasteiger partial charge in [0.25, 0.3) is 0 Å². The van der Waals surface area contributed by atoms with Crippen LogP contribution in [0, 0.1) is 53.3 Å². The molecule has 0 heterocycles. The summed E-state index contributed by atoms with van der Waals surface area (Å²) in [6.07, 6.45) is 7.69. The summed E-state index contributed by atoms with van der Waals surface area (Å²) < 4.78 is 6.30. The SMILES string of the molecule is CC(C)[C@@H]1CC[C@@H](C)C[C@H]1OC(=O)C1C2CC3CC1CC(C2)C3C(=O)c1ccccc1. The van der Waals surface area contributed by atoms with Gasteiger partial charge in [0.05, 0.1) is 5.92 Å². The molecule has 4 bridgehead atoms. The third-order valence-electron chi connectivity index (χ3n) is 9.32. The zero-order valence-corrected chi connectivity index (χ0v) is 19.3. The van der Waals surface area contributed by atoms with E-state index < -0.39 is 0 Å². The van der Waals surface area contributed by atoms with Crippen LogP contribution in [0.5, 0.6) is 0 Å². The number of hydrogen-bond donors (Lipinski definition) is 0. The van der Waals surface area contributed by atoms with E-state index in [2.05, 4.69) is 20.8 Å². The highest BCUT2D eigenvalue weighted by Crippen LogP contribution is 2.60. The van der Waals surface area contributed by atoms with Crippen molar-refractivity contribution >= 4 is 11.8 Å². The zero-order valence-electron chi connectivity index (χ0n) is 19.3. The van der Waals surface area contributed by atoms with E-state index in [1.165, 1.54) is 12.8 Å². The first kappa shape index (κ1) is 21.2. The molecule has 0 spiro atoms. The first-order valence-corrected chi connectivity index (χ1v) is 12.7. The second-order valence-corrected chi connectivity index (χ2v) is 11.6. The van der Waals surface area contributed by atoms with Gasteiger partial charge in [-0.1, -0.05) is 57.5 Å². The van der Waals surface area contributed by atoms with Crippen molar-refractivity contribution in [3.8, 4) is 0 Å². The fourth-order valence-corrected chi connectivity index (χ4v) is 7.97. The van der Waals surface area contributed by atoms with Crippen LogP contribution in [0.4, 0.5) is 0 Å². The van der Waals surface area contributed by atoms with Crippen LogP contribution in [0.25, 0.3) is 0 Å². The van der Waals surface area contributed by atoms with E-state index in [-0.39, 0.29) is 23.9 Å². The predicted octanol–water partition coefficient (Wildman–Crippen LogP) is 6.17. The molecule has 1 aromatic rings. The number of Topliss-reactive ketones (excluding diaryl/α,β-unsaturated/α-hetero) is 1. The molecule has 31 heavy (non-hydrogen) atoms. The minimum Gasteiger partial charge on any atom is -0.462 e. The number of rotatable bonds is 5. The average molecular weight is 423 g/mol. The second-order valence-electron chi connectivity index (χ2n) is 11.6. The monoisotopic (exact) mass is 422 g/mol. The number of esters is 1. The summed E-state index contributed by atoms with van der Waals surface area (Å²) in [5.74, 6) is 4.14. The van der Waals surface area contributed by atoms with Crippen molar-refractivity contribution in [2.75, 3.05) is 0 Å². The van der Waals surface area contributed by atoms with E-state index in [0.29, 0.717) is 47.2 Å². The molecule has 168 valence electrons. The number of ketones is 1.